The van der Waals surface area contributed by atoms with Gasteiger partial charge in [-0.3, -0.25) is 5.32 Å². The summed E-state index contributed by atoms with van der Waals surface area (Å²) in [6.45, 7) is 5.75. The van der Waals surface area contributed by atoms with Crippen molar-refractivity contribution in [3.05, 3.63) is 17.8 Å². The highest BCUT2D eigenvalue weighted by atomic mass is 16.4. The molecule has 0 aliphatic heterocycles. The van der Waals surface area contributed by atoms with Gasteiger partial charge in [-0.15, -0.1) is 0 Å². The molecule has 0 amide bonds. The molecule has 1 N–H and O–H groups in total. The van der Waals surface area contributed by atoms with Gasteiger partial charge in [0.05, 0.1) is 24.3 Å². The van der Waals surface area contributed by atoms with Gasteiger partial charge in [0.1, 0.15) is 5.76 Å². The summed E-state index contributed by atoms with van der Waals surface area (Å²) in [4.78, 5) is 4.10. The smallest absolute Gasteiger partial charge is 0.211 e. The highest BCUT2D eigenvalue weighted by molar-refractivity contribution is 4.98. The van der Waals surface area contributed by atoms with E-state index in [0.717, 1.165) is 12.2 Å². The topological polar surface area (TPSA) is 61.9 Å². The Hall–Kier alpha value is -1.34. The van der Waals surface area contributed by atoms with Crippen LogP contribution in [0.1, 0.15) is 38.0 Å². The molecule has 2 unspecified atom stereocenters. The van der Waals surface area contributed by atoms with Crippen LogP contribution in [0.4, 0.5) is 0 Å². The fourth-order valence-corrected chi connectivity index (χ4v) is 1.19. The Kier molecular flexibility index (Phi) is 3.66. The Bertz CT molecular complexity index is 326. The molecular formula is C10H15N3O. The van der Waals surface area contributed by atoms with Crippen LogP contribution >= 0.6 is 0 Å². The fraction of sp³-hybridized carbons (Fsp3) is 0.600. The van der Waals surface area contributed by atoms with Crippen molar-refractivity contribution in [2.45, 2.75) is 39.3 Å². The molecule has 0 fully saturated rings. The van der Waals surface area contributed by atoms with Crippen LogP contribution < -0.4 is 5.32 Å². The van der Waals surface area contributed by atoms with Crippen LogP contribution in [0.15, 0.2) is 10.6 Å². The summed E-state index contributed by atoms with van der Waals surface area (Å²) < 4.78 is 5.35. The molecule has 0 saturated carbocycles. The minimum absolute atomic E-state index is 0.0201. The number of aromatic nitrogens is 1. The van der Waals surface area contributed by atoms with Gasteiger partial charge in [0.25, 0.3) is 0 Å². The second kappa shape index (κ2) is 4.77. The highest BCUT2D eigenvalue weighted by Crippen LogP contribution is 2.12. The second-order valence-electron chi connectivity index (χ2n) is 3.29. The molecule has 0 bridgehead atoms. The normalized spacial score (nSPS) is 14.7. The van der Waals surface area contributed by atoms with Crippen LogP contribution in [0.3, 0.4) is 0 Å². The molecule has 1 aromatic rings. The predicted molar refractivity (Wildman–Crippen MR) is 52.5 cm³/mol. The third-order valence-corrected chi connectivity index (χ3v) is 2.02. The predicted octanol–water partition coefficient (Wildman–Crippen LogP) is 1.94. The van der Waals surface area contributed by atoms with Gasteiger partial charge in [-0.2, -0.15) is 5.26 Å². The van der Waals surface area contributed by atoms with Gasteiger partial charge in [-0.05, 0) is 20.3 Å². The molecular weight excluding hydrogens is 178 g/mol. The Morgan fingerprint density at radius 1 is 1.71 bits per heavy atom. The van der Waals surface area contributed by atoms with Crippen LogP contribution in [0, 0.1) is 18.3 Å². The zero-order valence-corrected chi connectivity index (χ0v) is 8.74. The number of nitrogens with one attached hydrogen (secondary N) is 1. The van der Waals surface area contributed by atoms with Crippen molar-refractivity contribution in [3.8, 4) is 6.07 Å². The SMILES string of the molecule is CCC(C#N)NC(C)c1ncc(C)o1. The van der Waals surface area contributed by atoms with Gasteiger partial charge in [0, 0.05) is 0 Å². The number of oxazole rings is 1. The first-order chi connectivity index (χ1) is 6.67. The molecule has 2 atom stereocenters. The number of nitrogens with zero attached hydrogens (tertiary/aromatic N) is 2. The van der Waals surface area contributed by atoms with E-state index in [1.165, 1.54) is 0 Å². The molecule has 0 aliphatic rings. The summed E-state index contributed by atoms with van der Waals surface area (Å²) in [5.74, 6) is 1.43. The van der Waals surface area contributed by atoms with Gasteiger partial charge < -0.3 is 4.42 Å². The van der Waals surface area contributed by atoms with Crippen molar-refractivity contribution in [2.24, 2.45) is 0 Å². The van der Waals surface area contributed by atoms with Crippen molar-refractivity contribution in [1.82, 2.24) is 10.3 Å². The molecule has 0 aliphatic carbocycles. The zero-order valence-electron chi connectivity index (χ0n) is 8.74. The van der Waals surface area contributed by atoms with E-state index < -0.39 is 0 Å². The Labute approximate surface area is 83.9 Å². The summed E-state index contributed by atoms with van der Waals surface area (Å²) in [6, 6.07) is 2.02. The van der Waals surface area contributed by atoms with Gasteiger partial charge in [0.15, 0.2) is 0 Å². The number of aryl methyl sites for hydroxylation is 1. The number of hydrogen-bond acceptors (Lipinski definition) is 4. The molecule has 0 spiro atoms. The second-order valence-corrected chi connectivity index (χ2v) is 3.29. The Balaban J connectivity index is 2.58. The van der Waals surface area contributed by atoms with E-state index in [1.807, 2.05) is 20.8 Å². The lowest BCUT2D eigenvalue weighted by Crippen LogP contribution is -2.29. The maximum Gasteiger partial charge on any atom is 0.211 e. The molecule has 1 rings (SSSR count). The van der Waals surface area contributed by atoms with Gasteiger partial charge in [-0.25, -0.2) is 4.98 Å². The first-order valence-corrected chi connectivity index (χ1v) is 4.75. The van der Waals surface area contributed by atoms with Crippen LogP contribution in [0.5, 0.6) is 0 Å². The molecule has 0 saturated heterocycles. The highest BCUT2D eigenvalue weighted by Gasteiger charge is 2.14. The standard InChI is InChI=1S/C10H15N3O/c1-4-9(5-11)13-8(3)10-12-6-7(2)14-10/h6,8-9,13H,4H2,1-3H3. The van der Waals surface area contributed by atoms with E-state index in [4.69, 9.17) is 9.68 Å². The quantitative estimate of drug-likeness (QED) is 0.793. The van der Waals surface area contributed by atoms with Crippen molar-refractivity contribution in [2.75, 3.05) is 0 Å². The minimum Gasteiger partial charge on any atom is -0.444 e. The molecule has 14 heavy (non-hydrogen) atoms. The molecule has 1 heterocycles. The summed E-state index contributed by atoms with van der Waals surface area (Å²) in [6.07, 6.45) is 2.46. The van der Waals surface area contributed by atoms with Gasteiger partial charge in [0.2, 0.25) is 5.89 Å². The van der Waals surface area contributed by atoms with E-state index in [9.17, 15) is 0 Å². The van der Waals surface area contributed by atoms with Gasteiger partial charge in [-0.1, -0.05) is 6.92 Å². The number of hydrogen-bond donors (Lipinski definition) is 1. The molecule has 0 aromatic carbocycles. The van der Waals surface area contributed by atoms with Gasteiger partial charge >= 0.3 is 0 Å². The lowest BCUT2D eigenvalue weighted by molar-refractivity contribution is 0.387. The van der Waals surface area contributed by atoms with E-state index in [2.05, 4.69) is 16.4 Å². The average Bonchev–Trinajstić information content (AvgIpc) is 2.61. The first-order valence-electron chi connectivity index (χ1n) is 4.75. The molecule has 76 valence electrons. The monoisotopic (exact) mass is 193 g/mol. The molecule has 0 radical (unpaired) electrons. The van der Waals surface area contributed by atoms with E-state index in [0.29, 0.717) is 5.89 Å². The molecule has 4 heteroatoms. The van der Waals surface area contributed by atoms with Crippen molar-refractivity contribution >= 4 is 0 Å². The average molecular weight is 193 g/mol. The first kappa shape index (κ1) is 10.7. The Morgan fingerprint density at radius 2 is 2.43 bits per heavy atom. The summed E-state index contributed by atoms with van der Waals surface area (Å²) in [5, 5.41) is 11.9. The minimum atomic E-state index is -0.141. The maximum absolute atomic E-state index is 8.76. The van der Waals surface area contributed by atoms with E-state index in [1.54, 1.807) is 6.20 Å². The van der Waals surface area contributed by atoms with Crippen LogP contribution in [0.25, 0.3) is 0 Å². The maximum atomic E-state index is 8.76. The van der Waals surface area contributed by atoms with Crippen LogP contribution in [-0.2, 0) is 0 Å². The molecule has 4 nitrogen and oxygen atoms in total. The molecule has 1 aromatic heterocycles. The third-order valence-electron chi connectivity index (χ3n) is 2.02. The van der Waals surface area contributed by atoms with Crippen molar-refractivity contribution < 1.29 is 4.42 Å². The Morgan fingerprint density at radius 3 is 2.86 bits per heavy atom. The number of nitriles is 1. The lowest BCUT2D eigenvalue weighted by Gasteiger charge is -2.13. The van der Waals surface area contributed by atoms with Crippen LogP contribution in [-0.4, -0.2) is 11.0 Å². The third kappa shape index (κ3) is 2.57. The van der Waals surface area contributed by atoms with Crippen LogP contribution in [0.2, 0.25) is 0 Å². The van der Waals surface area contributed by atoms with E-state index >= 15 is 0 Å². The largest absolute Gasteiger partial charge is 0.444 e. The van der Waals surface area contributed by atoms with Crippen molar-refractivity contribution in [3.63, 3.8) is 0 Å². The lowest BCUT2D eigenvalue weighted by atomic mass is 10.2. The zero-order chi connectivity index (χ0) is 10.6. The number of rotatable bonds is 4. The summed E-state index contributed by atoms with van der Waals surface area (Å²) in [7, 11) is 0. The van der Waals surface area contributed by atoms with Crippen molar-refractivity contribution in [1.29, 1.82) is 5.26 Å². The van der Waals surface area contributed by atoms with E-state index in [-0.39, 0.29) is 12.1 Å². The fourth-order valence-electron chi connectivity index (χ4n) is 1.19. The summed E-state index contributed by atoms with van der Waals surface area (Å²) >= 11 is 0. The summed E-state index contributed by atoms with van der Waals surface area (Å²) in [5.41, 5.74) is 0.